The van der Waals surface area contributed by atoms with Gasteiger partial charge in [-0.25, -0.2) is 23.4 Å². The second-order valence-electron chi connectivity index (χ2n) is 7.45. The Bertz CT molecular complexity index is 1300. The SMILES string of the molecule is CC1CCc2c(sc3ncn4c(nc(=O)n4CC(=O)Nc4ccc(F)cc4)c23)C1. The van der Waals surface area contributed by atoms with Gasteiger partial charge in [-0.05, 0) is 55.0 Å². The number of carbonyl (C=O) groups excluding carboxylic acids is 1. The Hall–Kier alpha value is -3.07. The third kappa shape index (κ3) is 3.11. The van der Waals surface area contributed by atoms with Crippen molar-refractivity contribution in [1.82, 2.24) is 19.2 Å². The first-order chi connectivity index (χ1) is 14.0. The van der Waals surface area contributed by atoms with Crippen molar-refractivity contribution in [2.45, 2.75) is 32.7 Å². The standard InChI is InChI=1S/C20H18FN5O2S/c1-11-2-7-14-15(8-11)29-19-17(14)18-24-20(28)25(26(18)10-22-19)9-16(27)23-13-5-3-12(21)4-6-13/h3-6,10-11H,2,7-9H2,1H3,(H,23,27). The first-order valence-corrected chi connectivity index (χ1v) is 10.2. The lowest BCUT2D eigenvalue weighted by atomic mass is 9.89. The molecule has 1 atom stereocenters. The van der Waals surface area contributed by atoms with Crippen LogP contribution in [0.25, 0.3) is 15.9 Å². The monoisotopic (exact) mass is 411 g/mol. The Morgan fingerprint density at radius 3 is 2.93 bits per heavy atom. The average molecular weight is 411 g/mol. The minimum atomic E-state index is -0.502. The molecule has 0 fully saturated rings. The summed E-state index contributed by atoms with van der Waals surface area (Å²) in [4.78, 5) is 35.9. The lowest BCUT2D eigenvalue weighted by Gasteiger charge is -2.17. The number of benzene rings is 1. The highest BCUT2D eigenvalue weighted by Crippen LogP contribution is 2.38. The van der Waals surface area contributed by atoms with Gasteiger partial charge in [0.05, 0.1) is 5.39 Å². The van der Waals surface area contributed by atoms with E-state index in [-0.39, 0.29) is 12.4 Å². The molecule has 5 rings (SSSR count). The second kappa shape index (κ2) is 6.77. The van der Waals surface area contributed by atoms with Gasteiger partial charge in [-0.1, -0.05) is 6.92 Å². The van der Waals surface area contributed by atoms with Crippen molar-refractivity contribution < 1.29 is 9.18 Å². The molecule has 7 nitrogen and oxygen atoms in total. The summed E-state index contributed by atoms with van der Waals surface area (Å²) >= 11 is 1.66. The van der Waals surface area contributed by atoms with Crippen LogP contribution in [-0.4, -0.2) is 25.1 Å². The summed E-state index contributed by atoms with van der Waals surface area (Å²) in [5.41, 5.74) is 1.73. The third-order valence-corrected chi connectivity index (χ3v) is 6.48. The van der Waals surface area contributed by atoms with E-state index in [4.69, 9.17) is 0 Å². The number of aryl methyl sites for hydroxylation is 1. The van der Waals surface area contributed by atoms with Crippen LogP contribution >= 0.6 is 11.3 Å². The zero-order chi connectivity index (χ0) is 20.1. The minimum Gasteiger partial charge on any atom is -0.324 e. The minimum absolute atomic E-state index is 0.214. The molecule has 3 heterocycles. The summed E-state index contributed by atoms with van der Waals surface area (Å²) in [6.45, 7) is 2.03. The molecule has 1 aliphatic rings. The highest BCUT2D eigenvalue weighted by Gasteiger charge is 2.24. The quantitative estimate of drug-likeness (QED) is 0.562. The fourth-order valence-corrected chi connectivity index (χ4v) is 5.22. The Morgan fingerprint density at radius 1 is 1.34 bits per heavy atom. The fourth-order valence-electron chi connectivity index (χ4n) is 3.87. The number of hydrogen-bond acceptors (Lipinski definition) is 5. The van der Waals surface area contributed by atoms with Crippen LogP contribution in [0.3, 0.4) is 0 Å². The number of anilines is 1. The highest BCUT2D eigenvalue weighted by atomic mass is 32.1. The summed E-state index contributed by atoms with van der Waals surface area (Å²) in [6, 6.07) is 5.46. The van der Waals surface area contributed by atoms with E-state index in [0.29, 0.717) is 17.3 Å². The number of nitrogens with zero attached hydrogens (tertiary/aromatic N) is 4. The van der Waals surface area contributed by atoms with E-state index in [0.717, 1.165) is 29.5 Å². The van der Waals surface area contributed by atoms with Crippen LogP contribution in [0.5, 0.6) is 0 Å². The van der Waals surface area contributed by atoms with Crippen LogP contribution in [0.15, 0.2) is 35.4 Å². The molecule has 1 amide bonds. The molecule has 29 heavy (non-hydrogen) atoms. The predicted octanol–water partition coefficient (Wildman–Crippen LogP) is 3.01. The molecule has 0 saturated heterocycles. The second-order valence-corrected chi connectivity index (χ2v) is 8.54. The van der Waals surface area contributed by atoms with Crippen molar-refractivity contribution >= 4 is 38.8 Å². The van der Waals surface area contributed by atoms with E-state index < -0.39 is 11.6 Å². The van der Waals surface area contributed by atoms with Gasteiger partial charge < -0.3 is 5.32 Å². The van der Waals surface area contributed by atoms with Gasteiger partial charge in [0.15, 0.2) is 5.65 Å². The summed E-state index contributed by atoms with van der Waals surface area (Å²) in [5.74, 6) is -0.146. The van der Waals surface area contributed by atoms with Gasteiger partial charge in [0.2, 0.25) is 5.91 Å². The normalized spacial score (nSPS) is 16.3. The van der Waals surface area contributed by atoms with Crippen LogP contribution in [0.1, 0.15) is 23.8 Å². The maximum absolute atomic E-state index is 13.0. The third-order valence-electron chi connectivity index (χ3n) is 5.32. The fraction of sp³-hybridized carbons (Fsp3) is 0.300. The van der Waals surface area contributed by atoms with Crippen molar-refractivity contribution in [1.29, 1.82) is 0 Å². The van der Waals surface area contributed by atoms with Gasteiger partial charge in [0, 0.05) is 10.6 Å². The molecule has 0 aliphatic heterocycles. The predicted molar refractivity (Wildman–Crippen MR) is 109 cm³/mol. The van der Waals surface area contributed by atoms with Gasteiger partial charge >= 0.3 is 5.69 Å². The van der Waals surface area contributed by atoms with Crippen LogP contribution < -0.4 is 11.0 Å². The first-order valence-electron chi connectivity index (χ1n) is 9.43. The lowest BCUT2D eigenvalue weighted by molar-refractivity contribution is -0.117. The number of hydrogen-bond donors (Lipinski definition) is 1. The Labute approximate surface area is 168 Å². The molecule has 1 unspecified atom stereocenters. The van der Waals surface area contributed by atoms with Crippen LogP contribution in [0, 0.1) is 11.7 Å². The molecule has 9 heteroatoms. The Morgan fingerprint density at radius 2 is 2.14 bits per heavy atom. The molecule has 1 N–H and O–H groups in total. The molecule has 0 saturated carbocycles. The lowest BCUT2D eigenvalue weighted by Crippen LogP contribution is -2.28. The first kappa shape index (κ1) is 18.0. The van der Waals surface area contributed by atoms with Crippen LogP contribution in [0.2, 0.25) is 0 Å². The summed E-state index contributed by atoms with van der Waals surface area (Å²) in [6.07, 6.45) is 4.62. The number of amides is 1. The molecular weight excluding hydrogens is 393 g/mol. The van der Waals surface area contributed by atoms with Gasteiger partial charge in [-0.2, -0.15) is 4.98 Å². The number of rotatable bonds is 3. The van der Waals surface area contributed by atoms with Crippen molar-refractivity contribution in [2.75, 3.05) is 5.32 Å². The van der Waals surface area contributed by atoms with Gasteiger partial charge in [-0.15, -0.1) is 11.3 Å². The van der Waals surface area contributed by atoms with E-state index in [1.54, 1.807) is 22.2 Å². The maximum atomic E-state index is 13.0. The molecule has 0 radical (unpaired) electrons. The van der Waals surface area contributed by atoms with Crippen molar-refractivity contribution in [2.24, 2.45) is 5.92 Å². The summed E-state index contributed by atoms with van der Waals surface area (Å²) in [5, 5.41) is 3.59. The highest BCUT2D eigenvalue weighted by molar-refractivity contribution is 7.19. The number of carbonyl (C=O) groups is 1. The average Bonchev–Trinajstić information content (AvgIpc) is 3.20. The topological polar surface area (TPSA) is 81.3 Å². The van der Waals surface area contributed by atoms with E-state index in [1.165, 1.54) is 39.4 Å². The number of aromatic nitrogens is 4. The van der Waals surface area contributed by atoms with Crippen molar-refractivity contribution in [3.63, 3.8) is 0 Å². The Balaban J connectivity index is 1.52. The van der Waals surface area contributed by atoms with E-state index in [1.807, 2.05) is 0 Å². The largest absolute Gasteiger partial charge is 0.365 e. The van der Waals surface area contributed by atoms with Crippen LogP contribution in [-0.2, 0) is 24.2 Å². The maximum Gasteiger partial charge on any atom is 0.365 e. The van der Waals surface area contributed by atoms with Gasteiger partial charge in [-0.3, -0.25) is 4.79 Å². The number of thiophene rings is 1. The molecule has 0 spiro atoms. The molecule has 3 aromatic heterocycles. The van der Waals surface area contributed by atoms with E-state index >= 15 is 0 Å². The Kier molecular flexibility index (Phi) is 4.20. The van der Waals surface area contributed by atoms with E-state index in [2.05, 4.69) is 22.2 Å². The van der Waals surface area contributed by atoms with Gasteiger partial charge in [0.1, 0.15) is 23.5 Å². The zero-order valence-corrected chi connectivity index (χ0v) is 16.5. The molecule has 0 bridgehead atoms. The van der Waals surface area contributed by atoms with E-state index in [9.17, 15) is 14.0 Å². The molecule has 148 valence electrons. The number of halogens is 1. The van der Waals surface area contributed by atoms with Crippen LogP contribution in [0.4, 0.5) is 10.1 Å². The van der Waals surface area contributed by atoms with Gasteiger partial charge in [0.25, 0.3) is 0 Å². The molecular formula is C20H18FN5O2S. The summed E-state index contributed by atoms with van der Waals surface area (Å²) in [7, 11) is 0. The molecule has 1 aliphatic carbocycles. The van der Waals surface area contributed by atoms with Crippen molar-refractivity contribution in [3.8, 4) is 0 Å². The number of nitrogens with one attached hydrogen (secondary N) is 1. The molecule has 4 aromatic rings. The summed E-state index contributed by atoms with van der Waals surface area (Å²) < 4.78 is 15.8. The zero-order valence-electron chi connectivity index (χ0n) is 15.7. The number of fused-ring (bicyclic) bond motifs is 5. The smallest absolute Gasteiger partial charge is 0.324 e. The van der Waals surface area contributed by atoms with Crippen molar-refractivity contribution in [3.05, 3.63) is 57.3 Å². The molecule has 1 aromatic carbocycles.